The van der Waals surface area contributed by atoms with Crippen LogP contribution in [0, 0.1) is 0 Å². The Balaban J connectivity index is 1.65. The van der Waals surface area contributed by atoms with E-state index < -0.39 is 0 Å². The quantitative estimate of drug-likeness (QED) is 0.866. The number of carbonyl (C=O) groups excluding carboxylic acids is 3. The van der Waals surface area contributed by atoms with E-state index >= 15 is 0 Å². The lowest BCUT2D eigenvalue weighted by Crippen LogP contribution is -2.50. The van der Waals surface area contributed by atoms with Gasteiger partial charge in [0.05, 0.1) is 0 Å². The Hall–Kier alpha value is -3.15. The number of rotatable bonds is 4. The van der Waals surface area contributed by atoms with Crippen LogP contribution in [0.1, 0.15) is 53.0 Å². The first-order valence-electron chi connectivity index (χ1n) is 9.92. The van der Waals surface area contributed by atoms with Gasteiger partial charge in [-0.3, -0.25) is 14.4 Å². The van der Waals surface area contributed by atoms with Crippen LogP contribution in [0.25, 0.3) is 0 Å². The van der Waals surface area contributed by atoms with Crippen LogP contribution in [0.15, 0.2) is 48.5 Å². The number of anilines is 1. The molecule has 3 rings (SSSR count). The molecule has 1 fully saturated rings. The molecule has 0 aliphatic carbocycles. The molecule has 0 bridgehead atoms. The van der Waals surface area contributed by atoms with Crippen LogP contribution in [0.5, 0.6) is 0 Å². The molecule has 0 atom stereocenters. The Morgan fingerprint density at radius 3 is 1.97 bits per heavy atom. The van der Waals surface area contributed by atoms with Gasteiger partial charge in [-0.05, 0) is 41.8 Å². The summed E-state index contributed by atoms with van der Waals surface area (Å²) in [6.07, 6.45) is 0. The molecule has 152 valence electrons. The average Bonchev–Trinajstić information content (AvgIpc) is 2.73. The third kappa shape index (κ3) is 4.83. The fraction of sp³-hybridized carbons (Fsp3) is 0.348. The molecule has 0 unspecified atom stereocenters. The fourth-order valence-corrected chi connectivity index (χ4v) is 3.48. The third-order valence-electron chi connectivity index (χ3n) is 5.24. The van der Waals surface area contributed by atoms with Crippen molar-refractivity contribution in [3.8, 4) is 0 Å². The minimum absolute atomic E-state index is 0.0338. The molecule has 6 nitrogen and oxygen atoms in total. The summed E-state index contributed by atoms with van der Waals surface area (Å²) in [7, 11) is 0. The summed E-state index contributed by atoms with van der Waals surface area (Å²) >= 11 is 0. The number of para-hydroxylation sites is 1. The fourth-order valence-electron chi connectivity index (χ4n) is 3.48. The van der Waals surface area contributed by atoms with Crippen LogP contribution in [-0.2, 0) is 4.79 Å². The molecule has 0 radical (unpaired) electrons. The van der Waals surface area contributed by atoms with Crippen molar-refractivity contribution in [3.05, 3.63) is 65.2 Å². The van der Waals surface area contributed by atoms with Gasteiger partial charge in [0.1, 0.15) is 0 Å². The van der Waals surface area contributed by atoms with Crippen molar-refractivity contribution in [3.63, 3.8) is 0 Å². The maximum absolute atomic E-state index is 12.7. The first kappa shape index (κ1) is 20.6. The van der Waals surface area contributed by atoms with Gasteiger partial charge in [0, 0.05) is 49.9 Å². The van der Waals surface area contributed by atoms with Crippen molar-refractivity contribution in [1.82, 2.24) is 9.80 Å². The number of nitrogens with zero attached hydrogens (tertiary/aromatic N) is 2. The second-order valence-corrected chi connectivity index (χ2v) is 7.57. The highest BCUT2D eigenvalue weighted by Gasteiger charge is 2.23. The van der Waals surface area contributed by atoms with Crippen LogP contribution < -0.4 is 5.32 Å². The van der Waals surface area contributed by atoms with Gasteiger partial charge in [-0.1, -0.05) is 32.0 Å². The lowest BCUT2D eigenvalue weighted by Gasteiger charge is -2.34. The number of hydrogen-bond acceptors (Lipinski definition) is 3. The molecular weight excluding hydrogens is 366 g/mol. The van der Waals surface area contributed by atoms with Gasteiger partial charge in [-0.2, -0.15) is 0 Å². The van der Waals surface area contributed by atoms with Crippen molar-refractivity contribution < 1.29 is 14.4 Å². The van der Waals surface area contributed by atoms with E-state index in [0.29, 0.717) is 43.2 Å². The summed E-state index contributed by atoms with van der Waals surface area (Å²) in [4.78, 5) is 40.2. The van der Waals surface area contributed by atoms with E-state index in [2.05, 4.69) is 19.2 Å². The largest absolute Gasteiger partial charge is 0.339 e. The van der Waals surface area contributed by atoms with Gasteiger partial charge in [-0.15, -0.1) is 0 Å². The number of amides is 3. The lowest BCUT2D eigenvalue weighted by molar-refractivity contribution is -0.130. The summed E-state index contributed by atoms with van der Waals surface area (Å²) < 4.78 is 0. The first-order valence-corrected chi connectivity index (χ1v) is 9.92. The van der Waals surface area contributed by atoms with E-state index in [1.807, 2.05) is 24.3 Å². The highest BCUT2D eigenvalue weighted by Crippen LogP contribution is 2.24. The Morgan fingerprint density at radius 2 is 1.38 bits per heavy atom. The second kappa shape index (κ2) is 8.90. The van der Waals surface area contributed by atoms with Crippen LogP contribution in [0.3, 0.4) is 0 Å². The number of carbonyl (C=O) groups is 3. The zero-order valence-electron chi connectivity index (χ0n) is 17.1. The smallest absolute Gasteiger partial charge is 0.255 e. The highest BCUT2D eigenvalue weighted by atomic mass is 16.2. The summed E-state index contributed by atoms with van der Waals surface area (Å²) in [5.41, 5.74) is 2.93. The molecule has 1 N–H and O–H groups in total. The van der Waals surface area contributed by atoms with Crippen LogP contribution in [0.2, 0.25) is 0 Å². The molecule has 2 aromatic carbocycles. The van der Waals surface area contributed by atoms with E-state index in [0.717, 1.165) is 11.3 Å². The minimum Gasteiger partial charge on any atom is -0.339 e. The van der Waals surface area contributed by atoms with Gasteiger partial charge < -0.3 is 15.1 Å². The van der Waals surface area contributed by atoms with E-state index in [-0.39, 0.29) is 17.7 Å². The van der Waals surface area contributed by atoms with Crippen molar-refractivity contribution in [2.24, 2.45) is 0 Å². The van der Waals surface area contributed by atoms with E-state index in [1.54, 1.807) is 41.0 Å². The lowest BCUT2D eigenvalue weighted by atomic mass is 10.0. The molecule has 1 heterocycles. The zero-order chi connectivity index (χ0) is 21.0. The van der Waals surface area contributed by atoms with E-state index in [4.69, 9.17) is 0 Å². The Kier molecular flexibility index (Phi) is 6.32. The van der Waals surface area contributed by atoms with Crippen LogP contribution >= 0.6 is 0 Å². The molecule has 1 aliphatic heterocycles. The maximum Gasteiger partial charge on any atom is 0.255 e. The van der Waals surface area contributed by atoms with Crippen molar-refractivity contribution in [2.45, 2.75) is 26.7 Å². The zero-order valence-corrected chi connectivity index (χ0v) is 17.1. The molecule has 0 spiro atoms. The Bertz CT molecular complexity index is 898. The summed E-state index contributed by atoms with van der Waals surface area (Å²) in [6.45, 7) is 7.86. The molecule has 6 heteroatoms. The third-order valence-corrected chi connectivity index (χ3v) is 5.24. The molecular formula is C23H27N3O3. The summed E-state index contributed by atoms with van der Waals surface area (Å²) in [5, 5.41) is 2.96. The Morgan fingerprint density at radius 1 is 0.828 bits per heavy atom. The molecule has 29 heavy (non-hydrogen) atoms. The van der Waals surface area contributed by atoms with Gasteiger partial charge >= 0.3 is 0 Å². The van der Waals surface area contributed by atoms with Crippen molar-refractivity contribution in [2.75, 3.05) is 31.5 Å². The number of piperazine rings is 1. The molecule has 1 aliphatic rings. The van der Waals surface area contributed by atoms with Crippen molar-refractivity contribution >= 4 is 23.4 Å². The first-order chi connectivity index (χ1) is 13.9. The number of hydrogen-bond donors (Lipinski definition) is 1. The predicted octanol–water partition coefficient (Wildman–Crippen LogP) is 3.37. The monoisotopic (exact) mass is 393 g/mol. The summed E-state index contributed by atoms with van der Waals surface area (Å²) in [5.74, 6) is 0.0546. The highest BCUT2D eigenvalue weighted by molar-refractivity contribution is 6.05. The molecule has 1 saturated heterocycles. The topological polar surface area (TPSA) is 69.7 Å². The number of benzene rings is 2. The average molecular weight is 393 g/mol. The van der Waals surface area contributed by atoms with E-state index in [9.17, 15) is 14.4 Å². The predicted molar refractivity (Wildman–Crippen MR) is 113 cm³/mol. The van der Waals surface area contributed by atoms with Crippen molar-refractivity contribution in [1.29, 1.82) is 0 Å². The van der Waals surface area contributed by atoms with Gasteiger partial charge in [0.25, 0.3) is 11.8 Å². The second-order valence-electron chi connectivity index (χ2n) is 7.57. The molecule has 0 aromatic heterocycles. The molecule has 3 amide bonds. The SMILES string of the molecule is CC(=O)N1CCN(C(=O)c2ccc(C(=O)Nc3ccccc3C(C)C)cc2)CC1. The molecule has 0 saturated carbocycles. The van der Waals surface area contributed by atoms with Gasteiger partial charge in [-0.25, -0.2) is 0 Å². The van der Waals surface area contributed by atoms with E-state index in [1.165, 1.54) is 0 Å². The molecule has 2 aromatic rings. The standard InChI is InChI=1S/C23H27N3O3/c1-16(2)20-6-4-5-7-21(20)24-22(28)18-8-10-19(11-9-18)23(29)26-14-12-25(13-15-26)17(3)27/h4-11,16H,12-15H2,1-3H3,(H,24,28). The van der Waals surface area contributed by atoms with Crippen LogP contribution in [-0.4, -0.2) is 53.7 Å². The van der Waals surface area contributed by atoms with Crippen LogP contribution in [0.4, 0.5) is 5.69 Å². The van der Waals surface area contributed by atoms with Gasteiger partial charge in [0.15, 0.2) is 0 Å². The maximum atomic E-state index is 12.7. The number of nitrogens with one attached hydrogen (secondary N) is 1. The van der Waals surface area contributed by atoms with Gasteiger partial charge in [0.2, 0.25) is 5.91 Å². The summed E-state index contributed by atoms with van der Waals surface area (Å²) in [6, 6.07) is 14.5. The minimum atomic E-state index is -0.202. The Labute approximate surface area is 171 Å². The normalized spacial score (nSPS) is 14.1.